The normalized spacial score (nSPS) is 11.0. The number of carboxylic acids is 1. The number of nitrogens with zero attached hydrogens (tertiary/aromatic N) is 3. The molecular formula is C15H12FN3O2. The van der Waals surface area contributed by atoms with Gasteiger partial charge in [0.15, 0.2) is 0 Å². The lowest BCUT2D eigenvalue weighted by Crippen LogP contribution is -2.01. The molecule has 0 bridgehead atoms. The van der Waals surface area contributed by atoms with Gasteiger partial charge in [0.1, 0.15) is 5.82 Å². The van der Waals surface area contributed by atoms with E-state index in [2.05, 4.69) is 10.1 Å². The molecule has 0 saturated heterocycles. The Labute approximate surface area is 119 Å². The van der Waals surface area contributed by atoms with Gasteiger partial charge in [-0.25, -0.2) is 14.2 Å². The third-order valence-electron chi connectivity index (χ3n) is 3.30. The maximum Gasteiger partial charge on any atom is 0.336 e. The number of hydrogen-bond acceptors (Lipinski definition) is 3. The maximum atomic E-state index is 13.5. The van der Waals surface area contributed by atoms with E-state index in [9.17, 15) is 14.3 Å². The molecule has 3 aromatic rings. The van der Waals surface area contributed by atoms with Crippen LogP contribution in [0.2, 0.25) is 0 Å². The van der Waals surface area contributed by atoms with Crippen LogP contribution in [0.1, 0.15) is 15.9 Å². The average molecular weight is 285 g/mol. The first-order valence-electron chi connectivity index (χ1n) is 6.29. The largest absolute Gasteiger partial charge is 0.478 e. The van der Waals surface area contributed by atoms with Crippen LogP contribution in [0, 0.1) is 12.7 Å². The number of hydrogen-bond donors (Lipinski definition) is 1. The summed E-state index contributed by atoms with van der Waals surface area (Å²) < 4.78 is 15.1. The molecule has 1 aromatic carbocycles. The standard InChI is InChI=1S/C15H12FN3O2/c1-8-3-10(16)4-11-12(15(20)21)5-13(18-14(8)11)9-6-17-19(2)7-9/h3-7H,1-2H3,(H,20,21). The van der Waals surface area contributed by atoms with E-state index in [1.807, 2.05) is 0 Å². The molecule has 2 heterocycles. The lowest BCUT2D eigenvalue weighted by molar-refractivity contribution is 0.0699. The quantitative estimate of drug-likeness (QED) is 0.786. The minimum Gasteiger partial charge on any atom is -0.478 e. The van der Waals surface area contributed by atoms with E-state index in [1.165, 1.54) is 18.2 Å². The predicted molar refractivity (Wildman–Crippen MR) is 75.6 cm³/mol. The van der Waals surface area contributed by atoms with Crippen molar-refractivity contribution in [3.05, 3.63) is 47.5 Å². The molecule has 21 heavy (non-hydrogen) atoms. The van der Waals surface area contributed by atoms with E-state index in [1.54, 1.807) is 31.0 Å². The zero-order valence-corrected chi connectivity index (χ0v) is 11.5. The minimum atomic E-state index is -1.11. The molecule has 1 N–H and O–H groups in total. The summed E-state index contributed by atoms with van der Waals surface area (Å²) in [6.07, 6.45) is 3.36. The van der Waals surface area contributed by atoms with Crippen molar-refractivity contribution >= 4 is 16.9 Å². The van der Waals surface area contributed by atoms with Crippen LogP contribution in [0.15, 0.2) is 30.6 Å². The Morgan fingerprint density at radius 3 is 2.71 bits per heavy atom. The van der Waals surface area contributed by atoms with Gasteiger partial charge in [-0.15, -0.1) is 0 Å². The third kappa shape index (κ3) is 2.24. The summed E-state index contributed by atoms with van der Waals surface area (Å²) >= 11 is 0. The van der Waals surface area contributed by atoms with E-state index in [0.29, 0.717) is 27.7 Å². The van der Waals surface area contributed by atoms with Crippen molar-refractivity contribution in [3.63, 3.8) is 0 Å². The molecule has 0 unspecified atom stereocenters. The summed E-state index contributed by atoms with van der Waals surface area (Å²) in [5.41, 5.74) is 2.32. The van der Waals surface area contributed by atoms with Crippen molar-refractivity contribution in [2.24, 2.45) is 7.05 Å². The molecule has 0 saturated carbocycles. The summed E-state index contributed by atoms with van der Waals surface area (Å²) in [6, 6.07) is 3.99. The van der Waals surface area contributed by atoms with Gasteiger partial charge >= 0.3 is 5.97 Å². The Morgan fingerprint density at radius 2 is 2.10 bits per heavy atom. The highest BCUT2D eigenvalue weighted by Gasteiger charge is 2.16. The first-order chi connectivity index (χ1) is 9.95. The average Bonchev–Trinajstić information content (AvgIpc) is 2.84. The van der Waals surface area contributed by atoms with Crippen LogP contribution in [-0.2, 0) is 7.05 Å². The molecule has 0 atom stereocenters. The molecule has 0 fully saturated rings. The molecule has 0 spiro atoms. The second-order valence-electron chi connectivity index (χ2n) is 4.88. The number of benzene rings is 1. The number of fused-ring (bicyclic) bond motifs is 1. The zero-order valence-electron chi connectivity index (χ0n) is 11.5. The van der Waals surface area contributed by atoms with Crippen LogP contribution < -0.4 is 0 Å². The Bertz CT molecular complexity index is 871. The molecule has 5 nitrogen and oxygen atoms in total. The predicted octanol–water partition coefficient (Wildman–Crippen LogP) is 2.78. The highest BCUT2D eigenvalue weighted by molar-refractivity contribution is 6.04. The van der Waals surface area contributed by atoms with Crippen molar-refractivity contribution in [1.82, 2.24) is 14.8 Å². The second kappa shape index (κ2) is 4.66. The van der Waals surface area contributed by atoms with E-state index >= 15 is 0 Å². The molecule has 0 aliphatic rings. The van der Waals surface area contributed by atoms with E-state index in [0.717, 1.165) is 0 Å². The SMILES string of the molecule is Cc1cc(F)cc2c(C(=O)O)cc(-c3cnn(C)c3)nc12. The topological polar surface area (TPSA) is 68.0 Å². The first kappa shape index (κ1) is 13.2. The Hall–Kier alpha value is -2.76. The molecular weight excluding hydrogens is 273 g/mol. The van der Waals surface area contributed by atoms with Crippen LogP contribution in [0.4, 0.5) is 4.39 Å². The molecule has 0 radical (unpaired) electrons. The van der Waals surface area contributed by atoms with Gasteiger partial charge in [-0.3, -0.25) is 4.68 Å². The van der Waals surface area contributed by atoms with Gasteiger partial charge in [0.2, 0.25) is 0 Å². The summed E-state index contributed by atoms with van der Waals surface area (Å²) in [7, 11) is 1.77. The van der Waals surface area contributed by atoms with Gasteiger partial charge in [0.05, 0.1) is 23.0 Å². The summed E-state index contributed by atoms with van der Waals surface area (Å²) in [6.45, 7) is 1.71. The van der Waals surface area contributed by atoms with E-state index < -0.39 is 11.8 Å². The maximum absolute atomic E-state index is 13.5. The van der Waals surface area contributed by atoms with Gasteiger partial charge < -0.3 is 5.11 Å². The fourth-order valence-corrected chi connectivity index (χ4v) is 2.33. The second-order valence-corrected chi connectivity index (χ2v) is 4.88. The highest BCUT2D eigenvalue weighted by Crippen LogP contribution is 2.27. The lowest BCUT2D eigenvalue weighted by atomic mass is 10.0. The third-order valence-corrected chi connectivity index (χ3v) is 3.30. The Morgan fingerprint density at radius 1 is 1.33 bits per heavy atom. The molecule has 106 valence electrons. The van der Waals surface area contributed by atoms with Crippen molar-refractivity contribution in [2.75, 3.05) is 0 Å². The highest BCUT2D eigenvalue weighted by atomic mass is 19.1. The van der Waals surface area contributed by atoms with Gasteiger partial charge in [0, 0.05) is 24.2 Å². The van der Waals surface area contributed by atoms with Gasteiger partial charge in [-0.1, -0.05) is 0 Å². The molecule has 0 amide bonds. The molecule has 2 aromatic heterocycles. The van der Waals surface area contributed by atoms with Crippen molar-refractivity contribution < 1.29 is 14.3 Å². The Balaban J connectivity index is 2.37. The fraction of sp³-hybridized carbons (Fsp3) is 0.133. The van der Waals surface area contributed by atoms with Crippen LogP contribution in [0.5, 0.6) is 0 Å². The van der Waals surface area contributed by atoms with Crippen LogP contribution in [0.3, 0.4) is 0 Å². The van der Waals surface area contributed by atoms with Crippen LogP contribution >= 0.6 is 0 Å². The fourth-order valence-electron chi connectivity index (χ4n) is 2.33. The van der Waals surface area contributed by atoms with E-state index in [-0.39, 0.29) is 5.56 Å². The molecule has 3 rings (SSSR count). The summed E-state index contributed by atoms with van der Waals surface area (Å²) in [4.78, 5) is 15.9. The molecule has 0 aliphatic carbocycles. The van der Waals surface area contributed by atoms with Crippen LogP contribution in [0.25, 0.3) is 22.2 Å². The molecule has 6 heteroatoms. The van der Waals surface area contributed by atoms with Gasteiger partial charge in [-0.2, -0.15) is 5.10 Å². The first-order valence-corrected chi connectivity index (χ1v) is 6.29. The number of aromatic carboxylic acids is 1. The lowest BCUT2D eigenvalue weighted by Gasteiger charge is -2.08. The van der Waals surface area contributed by atoms with Crippen molar-refractivity contribution in [3.8, 4) is 11.3 Å². The number of aromatic nitrogens is 3. The number of aryl methyl sites for hydroxylation is 2. The minimum absolute atomic E-state index is 0.0291. The summed E-state index contributed by atoms with van der Waals surface area (Å²) in [5.74, 6) is -1.59. The van der Waals surface area contributed by atoms with E-state index in [4.69, 9.17) is 0 Å². The van der Waals surface area contributed by atoms with Crippen molar-refractivity contribution in [2.45, 2.75) is 6.92 Å². The Kier molecular flexibility index (Phi) is 2.94. The van der Waals surface area contributed by atoms with Crippen molar-refractivity contribution in [1.29, 1.82) is 0 Å². The molecule has 0 aliphatic heterocycles. The number of rotatable bonds is 2. The van der Waals surface area contributed by atoms with Crippen LogP contribution in [-0.4, -0.2) is 25.8 Å². The number of carboxylic acid groups (broad SMARTS) is 1. The number of carbonyl (C=O) groups is 1. The number of halogens is 1. The monoisotopic (exact) mass is 285 g/mol. The number of pyridine rings is 1. The zero-order chi connectivity index (χ0) is 15.1. The van der Waals surface area contributed by atoms with Gasteiger partial charge in [0.25, 0.3) is 0 Å². The smallest absolute Gasteiger partial charge is 0.336 e. The van der Waals surface area contributed by atoms with Gasteiger partial charge in [-0.05, 0) is 30.7 Å². The summed E-state index contributed by atoms with van der Waals surface area (Å²) in [5, 5.41) is 13.7.